The number of nitrogens with one attached hydrogen (secondary N) is 2. The molecule has 28 heavy (non-hydrogen) atoms. The van der Waals surface area contributed by atoms with Crippen molar-refractivity contribution in [3.63, 3.8) is 0 Å². The van der Waals surface area contributed by atoms with Gasteiger partial charge in [0, 0.05) is 39.3 Å². The Hall–Kier alpha value is -0.570. The summed E-state index contributed by atoms with van der Waals surface area (Å²) < 4.78 is 0. The number of aliphatic imine (C=N–C) groups is 1. The number of carbonyl (C=O) groups is 1. The zero-order valence-corrected chi connectivity index (χ0v) is 20.9. The van der Waals surface area contributed by atoms with Crippen LogP contribution in [0, 0.1) is 5.41 Å². The van der Waals surface area contributed by atoms with E-state index in [-0.39, 0.29) is 35.3 Å². The molecular weight excluding hydrogens is 465 g/mol. The third-order valence-corrected chi connectivity index (χ3v) is 6.29. The highest BCUT2D eigenvalue weighted by molar-refractivity contribution is 14.0. The van der Waals surface area contributed by atoms with E-state index in [4.69, 9.17) is 4.99 Å². The van der Waals surface area contributed by atoms with Crippen LogP contribution in [-0.4, -0.2) is 74.0 Å². The van der Waals surface area contributed by atoms with E-state index in [1.54, 1.807) is 4.90 Å². The van der Waals surface area contributed by atoms with Crippen LogP contribution in [-0.2, 0) is 4.79 Å². The summed E-state index contributed by atoms with van der Waals surface area (Å²) in [5, 5.41) is 6.88. The van der Waals surface area contributed by atoms with Gasteiger partial charge in [-0.25, -0.2) is 0 Å². The topological polar surface area (TPSA) is 60.0 Å². The number of hydrogen-bond donors (Lipinski definition) is 2. The lowest BCUT2D eigenvalue weighted by Gasteiger charge is -2.38. The number of amides is 1. The number of nitrogens with zero attached hydrogens (tertiary/aromatic N) is 3. The molecule has 2 atom stereocenters. The quantitative estimate of drug-likeness (QED) is 0.316. The molecule has 6 nitrogen and oxygen atoms in total. The van der Waals surface area contributed by atoms with E-state index in [0.29, 0.717) is 18.6 Å². The lowest BCUT2D eigenvalue weighted by atomic mass is 9.85. The fraction of sp³-hybridized carbons (Fsp3) is 0.905. The summed E-state index contributed by atoms with van der Waals surface area (Å²) in [6.07, 6.45) is 8.12. The molecule has 0 aromatic carbocycles. The number of carbonyl (C=O) groups excluding carboxylic acids is 1. The van der Waals surface area contributed by atoms with E-state index in [2.05, 4.69) is 36.3 Å². The second-order valence-corrected chi connectivity index (χ2v) is 8.69. The van der Waals surface area contributed by atoms with Crippen molar-refractivity contribution in [1.29, 1.82) is 0 Å². The van der Waals surface area contributed by atoms with Crippen molar-refractivity contribution in [3.05, 3.63) is 0 Å². The summed E-state index contributed by atoms with van der Waals surface area (Å²) in [5.41, 5.74) is -0.307. The van der Waals surface area contributed by atoms with Crippen molar-refractivity contribution in [1.82, 2.24) is 20.4 Å². The Balaban J connectivity index is 0.00000392. The molecule has 1 heterocycles. The minimum Gasteiger partial charge on any atom is -0.357 e. The van der Waals surface area contributed by atoms with Gasteiger partial charge in [-0.1, -0.05) is 19.3 Å². The third-order valence-electron chi connectivity index (χ3n) is 6.29. The highest BCUT2D eigenvalue weighted by Gasteiger charge is 2.42. The van der Waals surface area contributed by atoms with Gasteiger partial charge in [-0.15, -0.1) is 24.0 Å². The molecular formula is C21H42IN5O. The Kier molecular flexibility index (Phi) is 11.1. The molecule has 2 N–H and O–H groups in total. The first-order valence-corrected chi connectivity index (χ1v) is 10.9. The van der Waals surface area contributed by atoms with E-state index in [1.165, 1.54) is 25.8 Å². The number of rotatable bonds is 7. The largest absolute Gasteiger partial charge is 0.357 e. The normalized spacial score (nSPS) is 23.6. The van der Waals surface area contributed by atoms with Crippen LogP contribution in [0.1, 0.15) is 65.7 Å². The molecule has 164 valence electrons. The molecule has 0 aromatic rings. The van der Waals surface area contributed by atoms with Crippen LogP contribution in [0.5, 0.6) is 0 Å². The van der Waals surface area contributed by atoms with Crippen molar-refractivity contribution < 1.29 is 4.79 Å². The minimum absolute atomic E-state index is 0. The average molecular weight is 508 g/mol. The van der Waals surface area contributed by atoms with Gasteiger partial charge in [-0.05, 0) is 53.0 Å². The van der Waals surface area contributed by atoms with Gasteiger partial charge in [0.15, 0.2) is 5.96 Å². The van der Waals surface area contributed by atoms with Crippen LogP contribution >= 0.6 is 24.0 Å². The lowest BCUT2D eigenvalue weighted by molar-refractivity contribution is -0.138. The Bertz CT molecular complexity index is 505. The third kappa shape index (κ3) is 6.75. The molecule has 1 aliphatic heterocycles. The van der Waals surface area contributed by atoms with Crippen LogP contribution in [0.25, 0.3) is 0 Å². The predicted octanol–water partition coefficient (Wildman–Crippen LogP) is 3.07. The maximum atomic E-state index is 12.8. The molecule has 1 amide bonds. The first kappa shape index (κ1) is 25.5. The molecule has 2 aliphatic rings. The number of hydrogen-bond acceptors (Lipinski definition) is 3. The summed E-state index contributed by atoms with van der Waals surface area (Å²) in [7, 11) is 3.72. The fourth-order valence-electron chi connectivity index (χ4n) is 4.67. The van der Waals surface area contributed by atoms with E-state index in [0.717, 1.165) is 44.7 Å². The Morgan fingerprint density at radius 3 is 2.46 bits per heavy atom. The van der Waals surface area contributed by atoms with Gasteiger partial charge < -0.3 is 15.5 Å². The number of piperidine rings is 1. The highest BCUT2D eigenvalue weighted by atomic mass is 127. The Labute approximate surface area is 189 Å². The SMILES string of the molecule is CCNC(=NCC1(C(=O)N(C)C)CCCC1)NCC(C)N1CCCCC1C.I. The van der Waals surface area contributed by atoms with Crippen molar-refractivity contribution in [2.75, 3.05) is 40.3 Å². The standard InChI is InChI=1S/C21H41N5O.HI/c1-6-22-20(23-15-18(3)26-14-10-7-11-17(26)2)24-16-21(12-8-9-13-21)19(27)25(4)5;/h17-18H,6-16H2,1-5H3,(H2,22,23,24);1H. The van der Waals surface area contributed by atoms with Crippen LogP contribution in [0.15, 0.2) is 4.99 Å². The molecule has 1 aliphatic carbocycles. The molecule has 1 saturated carbocycles. The van der Waals surface area contributed by atoms with E-state index >= 15 is 0 Å². The molecule has 0 spiro atoms. The van der Waals surface area contributed by atoms with Gasteiger partial charge >= 0.3 is 0 Å². The summed E-state index contributed by atoms with van der Waals surface area (Å²) in [6.45, 7) is 10.2. The lowest BCUT2D eigenvalue weighted by Crippen LogP contribution is -2.50. The second-order valence-electron chi connectivity index (χ2n) is 8.69. The second kappa shape index (κ2) is 12.2. The maximum Gasteiger partial charge on any atom is 0.230 e. The first-order chi connectivity index (χ1) is 12.9. The minimum atomic E-state index is -0.307. The average Bonchev–Trinajstić information content (AvgIpc) is 3.13. The molecule has 2 fully saturated rings. The molecule has 0 bridgehead atoms. The molecule has 0 radical (unpaired) electrons. The fourth-order valence-corrected chi connectivity index (χ4v) is 4.67. The predicted molar refractivity (Wildman–Crippen MR) is 128 cm³/mol. The number of halogens is 1. The number of guanidine groups is 1. The molecule has 1 saturated heterocycles. The smallest absolute Gasteiger partial charge is 0.230 e. The molecule has 0 aromatic heterocycles. The van der Waals surface area contributed by atoms with Gasteiger partial charge in [0.2, 0.25) is 5.91 Å². The summed E-state index contributed by atoms with van der Waals surface area (Å²) in [5.74, 6) is 1.07. The molecule has 2 rings (SSSR count). The van der Waals surface area contributed by atoms with Crippen molar-refractivity contribution >= 4 is 35.8 Å². The maximum absolute atomic E-state index is 12.8. The Morgan fingerprint density at radius 2 is 1.89 bits per heavy atom. The first-order valence-electron chi connectivity index (χ1n) is 10.9. The van der Waals surface area contributed by atoms with Crippen molar-refractivity contribution in [2.24, 2.45) is 10.4 Å². The summed E-state index contributed by atoms with van der Waals surface area (Å²) >= 11 is 0. The zero-order valence-electron chi connectivity index (χ0n) is 18.6. The van der Waals surface area contributed by atoms with Crippen LogP contribution < -0.4 is 10.6 Å². The van der Waals surface area contributed by atoms with Gasteiger partial charge in [0.1, 0.15) is 0 Å². The van der Waals surface area contributed by atoms with Gasteiger partial charge in [0.05, 0.1) is 12.0 Å². The van der Waals surface area contributed by atoms with Crippen LogP contribution in [0.3, 0.4) is 0 Å². The zero-order chi connectivity index (χ0) is 19.9. The van der Waals surface area contributed by atoms with Crippen LogP contribution in [0.4, 0.5) is 0 Å². The van der Waals surface area contributed by atoms with E-state index < -0.39 is 0 Å². The van der Waals surface area contributed by atoms with Crippen molar-refractivity contribution in [2.45, 2.75) is 77.8 Å². The van der Waals surface area contributed by atoms with Gasteiger partial charge in [-0.2, -0.15) is 0 Å². The van der Waals surface area contributed by atoms with E-state index in [9.17, 15) is 4.79 Å². The number of likely N-dealkylation sites (tertiary alicyclic amines) is 1. The molecule has 7 heteroatoms. The van der Waals surface area contributed by atoms with Crippen molar-refractivity contribution in [3.8, 4) is 0 Å². The van der Waals surface area contributed by atoms with E-state index in [1.807, 2.05) is 14.1 Å². The van der Waals surface area contributed by atoms with Crippen LogP contribution in [0.2, 0.25) is 0 Å². The molecule has 2 unspecified atom stereocenters. The Morgan fingerprint density at radius 1 is 1.21 bits per heavy atom. The monoisotopic (exact) mass is 507 g/mol. The van der Waals surface area contributed by atoms with Gasteiger partial charge in [-0.3, -0.25) is 14.7 Å². The highest BCUT2D eigenvalue weighted by Crippen LogP contribution is 2.39. The van der Waals surface area contributed by atoms with Gasteiger partial charge in [0.25, 0.3) is 0 Å². The summed E-state index contributed by atoms with van der Waals surface area (Å²) in [4.78, 5) is 21.9. The summed E-state index contributed by atoms with van der Waals surface area (Å²) in [6, 6.07) is 1.14.